The summed E-state index contributed by atoms with van der Waals surface area (Å²) in [6.45, 7) is 0. The third-order valence-electron chi connectivity index (χ3n) is 10.1. The van der Waals surface area contributed by atoms with Gasteiger partial charge in [0.25, 0.3) is 0 Å². The molecule has 0 N–H and O–H groups in total. The normalized spacial score (nSPS) is 11.8. The Morgan fingerprint density at radius 1 is 0.423 bits per heavy atom. The number of furan rings is 1. The Morgan fingerprint density at radius 2 is 1.13 bits per heavy atom. The maximum absolute atomic E-state index is 6.56. The van der Waals surface area contributed by atoms with Crippen LogP contribution in [0.1, 0.15) is 0 Å². The molecule has 0 saturated carbocycles. The Morgan fingerprint density at radius 3 is 2.04 bits per heavy atom. The quantitative estimate of drug-likeness (QED) is 0.181. The van der Waals surface area contributed by atoms with E-state index in [1.807, 2.05) is 47.7 Å². The van der Waals surface area contributed by atoms with Crippen LogP contribution in [-0.4, -0.2) is 4.98 Å². The van der Waals surface area contributed by atoms with Crippen molar-refractivity contribution in [3.63, 3.8) is 0 Å². The summed E-state index contributed by atoms with van der Waals surface area (Å²) in [6, 6.07) is 59.9. The molecule has 3 heterocycles. The summed E-state index contributed by atoms with van der Waals surface area (Å²) in [5.41, 5.74) is 9.61. The molecule has 0 fully saturated rings. The first kappa shape index (κ1) is 29.1. The number of hydrogen-bond acceptors (Lipinski definition) is 5. The molecule has 0 saturated heterocycles. The van der Waals surface area contributed by atoms with Crippen LogP contribution in [0.2, 0.25) is 0 Å². The fourth-order valence-corrected chi connectivity index (χ4v) is 8.68. The predicted molar refractivity (Wildman–Crippen MR) is 217 cm³/mol. The largest absolute Gasteiger partial charge is 0.456 e. The van der Waals surface area contributed by atoms with Gasteiger partial charge in [0.05, 0.1) is 0 Å². The Kier molecular flexibility index (Phi) is 6.39. The van der Waals surface area contributed by atoms with E-state index in [4.69, 9.17) is 13.8 Å². The van der Waals surface area contributed by atoms with Crippen molar-refractivity contribution in [3.05, 3.63) is 170 Å². The van der Waals surface area contributed by atoms with E-state index in [0.717, 1.165) is 55.7 Å². The van der Waals surface area contributed by atoms with Crippen LogP contribution in [-0.2, 0) is 0 Å². The number of rotatable bonds is 5. The number of thiophene rings is 1. The third-order valence-corrected chi connectivity index (χ3v) is 11.2. The van der Waals surface area contributed by atoms with Crippen molar-refractivity contribution in [2.24, 2.45) is 0 Å². The first-order chi connectivity index (χ1) is 25.7. The highest BCUT2D eigenvalue weighted by Gasteiger charge is 2.19. The summed E-state index contributed by atoms with van der Waals surface area (Å²) in [5, 5.41) is 7.05. The van der Waals surface area contributed by atoms with Crippen LogP contribution in [0.5, 0.6) is 0 Å². The summed E-state index contributed by atoms with van der Waals surface area (Å²) in [7, 11) is 0. The van der Waals surface area contributed by atoms with Crippen LogP contribution in [0, 0.1) is 0 Å². The molecular formula is C47H28N2O2S. The van der Waals surface area contributed by atoms with Crippen LogP contribution >= 0.6 is 11.3 Å². The lowest BCUT2D eigenvalue weighted by Crippen LogP contribution is -2.09. The minimum Gasteiger partial charge on any atom is -0.456 e. The molecular weight excluding hydrogens is 657 g/mol. The van der Waals surface area contributed by atoms with Crippen molar-refractivity contribution >= 4 is 92.4 Å². The molecule has 4 nitrogen and oxygen atoms in total. The molecule has 0 atom stereocenters. The number of oxazole rings is 1. The average Bonchev–Trinajstić information content (AvgIpc) is 3.90. The van der Waals surface area contributed by atoms with Gasteiger partial charge in [-0.1, -0.05) is 91.0 Å². The highest BCUT2D eigenvalue weighted by Crippen LogP contribution is 2.43. The standard InChI is InChI=1S/C47H28N2O2S/c1-2-10-31(11-3-1)47-48-41-28-43-39(27-44(41)51-47)37-23-21-34(26-42(37)50-43)49(33-22-24-46-40(25-33)38-14-6-7-16-45(38)52-46)32-19-17-30(18-20-32)36-15-8-12-29-9-4-5-13-35(29)36/h1-28H. The van der Waals surface area contributed by atoms with Gasteiger partial charge in [-0.15, -0.1) is 11.3 Å². The molecule has 0 spiro atoms. The average molecular weight is 685 g/mol. The van der Waals surface area contributed by atoms with Crippen molar-refractivity contribution < 1.29 is 8.83 Å². The zero-order chi connectivity index (χ0) is 34.2. The molecule has 8 aromatic carbocycles. The minimum absolute atomic E-state index is 0.604. The summed E-state index contributed by atoms with van der Waals surface area (Å²) in [6.07, 6.45) is 0. The van der Waals surface area contributed by atoms with Gasteiger partial charge in [-0.3, -0.25) is 0 Å². The van der Waals surface area contributed by atoms with Gasteiger partial charge in [-0.2, -0.15) is 0 Å². The molecule has 3 aromatic heterocycles. The monoisotopic (exact) mass is 684 g/mol. The summed E-state index contributed by atoms with van der Waals surface area (Å²) < 4.78 is 15.4. The van der Waals surface area contributed by atoms with Crippen LogP contribution in [0.4, 0.5) is 17.1 Å². The molecule has 0 amide bonds. The second kappa shape index (κ2) is 11.4. The van der Waals surface area contributed by atoms with Gasteiger partial charge in [0, 0.05) is 65.7 Å². The van der Waals surface area contributed by atoms with Gasteiger partial charge in [0.2, 0.25) is 5.89 Å². The smallest absolute Gasteiger partial charge is 0.227 e. The topological polar surface area (TPSA) is 42.4 Å². The van der Waals surface area contributed by atoms with E-state index in [1.165, 1.54) is 42.1 Å². The lowest BCUT2D eigenvalue weighted by atomic mass is 9.98. The highest BCUT2D eigenvalue weighted by molar-refractivity contribution is 7.25. The Balaban J connectivity index is 1.06. The van der Waals surface area contributed by atoms with Gasteiger partial charge in [-0.25, -0.2) is 4.98 Å². The molecule has 0 radical (unpaired) electrons. The molecule has 0 aliphatic carbocycles. The summed E-state index contributed by atoms with van der Waals surface area (Å²) in [5.74, 6) is 0.604. The Labute approximate surface area is 302 Å². The predicted octanol–water partition coefficient (Wildman–Crippen LogP) is 14.1. The van der Waals surface area contributed by atoms with Crippen molar-refractivity contribution in [2.75, 3.05) is 4.90 Å². The van der Waals surface area contributed by atoms with Crippen molar-refractivity contribution in [1.29, 1.82) is 0 Å². The summed E-state index contributed by atoms with van der Waals surface area (Å²) in [4.78, 5) is 7.11. The zero-order valence-corrected chi connectivity index (χ0v) is 28.6. The Bertz CT molecular complexity index is 3130. The number of nitrogens with zero attached hydrogens (tertiary/aromatic N) is 2. The number of aromatic nitrogens is 1. The van der Waals surface area contributed by atoms with E-state index in [1.54, 1.807) is 0 Å². The molecule has 0 aliphatic rings. The second-order valence-corrected chi connectivity index (χ2v) is 14.3. The third kappa shape index (κ3) is 4.64. The zero-order valence-electron chi connectivity index (χ0n) is 27.8. The van der Waals surface area contributed by atoms with Crippen LogP contribution in [0.25, 0.3) is 86.6 Å². The highest BCUT2D eigenvalue weighted by atomic mass is 32.1. The maximum atomic E-state index is 6.56. The van der Waals surface area contributed by atoms with Crippen molar-refractivity contribution in [2.45, 2.75) is 0 Å². The molecule has 11 aromatic rings. The van der Waals surface area contributed by atoms with Crippen LogP contribution in [0.15, 0.2) is 179 Å². The fourth-order valence-electron chi connectivity index (χ4n) is 7.60. The maximum Gasteiger partial charge on any atom is 0.227 e. The molecule has 52 heavy (non-hydrogen) atoms. The van der Waals surface area contributed by atoms with E-state index in [2.05, 4.69) is 138 Å². The Hall–Kier alpha value is -6.69. The molecule has 11 rings (SSSR count). The van der Waals surface area contributed by atoms with Gasteiger partial charge in [-0.05, 0) is 88.6 Å². The van der Waals surface area contributed by atoms with E-state index < -0.39 is 0 Å². The van der Waals surface area contributed by atoms with Crippen molar-refractivity contribution in [3.8, 4) is 22.6 Å². The summed E-state index contributed by atoms with van der Waals surface area (Å²) >= 11 is 1.83. The van der Waals surface area contributed by atoms with Gasteiger partial charge in [0.1, 0.15) is 16.7 Å². The molecule has 0 unspecified atom stereocenters. The lowest BCUT2D eigenvalue weighted by Gasteiger charge is -2.26. The fraction of sp³-hybridized carbons (Fsp3) is 0. The van der Waals surface area contributed by atoms with E-state index >= 15 is 0 Å². The molecule has 244 valence electrons. The first-order valence-corrected chi connectivity index (χ1v) is 18.2. The molecule has 5 heteroatoms. The minimum atomic E-state index is 0.604. The number of benzene rings is 8. The lowest BCUT2D eigenvalue weighted by molar-refractivity contribution is 0.620. The molecule has 0 bridgehead atoms. The van der Waals surface area contributed by atoms with Crippen LogP contribution < -0.4 is 4.90 Å². The van der Waals surface area contributed by atoms with E-state index in [-0.39, 0.29) is 0 Å². The van der Waals surface area contributed by atoms with E-state index in [9.17, 15) is 0 Å². The van der Waals surface area contributed by atoms with Gasteiger partial charge in [0.15, 0.2) is 5.58 Å². The number of fused-ring (bicyclic) bond motifs is 8. The number of hydrogen-bond donors (Lipinski definition) is 0. The number of anilines is 3. The van der Waals surface area contributed by atoms with Gasteiger partial charge < -0.3 is 13.7 Å². The SMILES string of the molecule is c1ccc(-c2nc3cc4oc5cc(N(c6ccc(-c7cccc8ccccc78)cc6)c6ccc7sc8ccccc8c7c6)ccc5c4cc3o2)cc1. The molecule has 0 aliphatic heterocycles. The van der Waals surface area contributed by atoms with Crippen LogP contribution in [0.3, 0.4) is 0 Å². The second-order valence-electron chi connectivity index (χ2n) is 13.2. The van der Waals surface area contributed by atoms with Gasteiger partial charge >= 0.3 is 0 Å². The van der Waals surface area contributed by atoms with Crippen molar-refractivity contribution in [1.82, 2.24) is 4.98 Å². The first-order valence-electron chi connectivity index (χ1n) is 17.4. The van der Waals surface area contributed by atoms with E-state index in [0.29, 0.717) is 5.89 Å².